The summed E-state index contributed by atoms with van der Waals surface area (Å²) in [4.78, 5) is 0. The van der Waals surface area contributed by atoms with Crippen LogP contribution in [0.1, 0.15) is 22.7 Å². The molecule has 0 spiro atoms. The van der Waals surface area contributed by atoms with Crippen LogP contribution in [0.25, 0.3) is 0 Å². The van der Waals surface area contributed by atoms with Crippen LogP contribution >= 0.6 is 22.6 Å². The molecule has 2 aromatic rings. The number of fused-ring (bicyclic) bond motifs is 1. The quantitative estimate of drug-likeness (QED) is 0.460. The maximum Gasteiger partial charge on any atom is 0.203 e. The van der Waals surface area contributed by atoms with Gasteiger partial charge in [0.05, 0.1) is 24.9 Å². The zero-order valence-corrected chi connectivity index (χ0v) is 17.1. The fourth-order valence-corrected chi connectivity index (χ4v) is 4.42. The lowest BCUT2D eigenvalue weighted by Crippen LogP contribution is -2.32. The number of hydrogen-bond donors (Lipinski definition) is 3. The second-order valence-electron chi connectivity index (χ2n) is 6.13. The normalized spacial score (nSPS) is 16.1. The molecule has 6 nitrogen and oxygen atoms in total. The molecule has 0 radical (unpaired) electrons. The molecule has 0 saturated carbocycles. The summed E-state index contributed by atoms with van der Waals surface area (Å²) in [6, 6.07) is 5.55. The van der Waals surface area contributed by atoms with Gasteiger partial charge in [-0.2, -0.15) is 0 Å². The lowest BCUT2D eigenvalue weighted by atomic mass is 9.89. The van der Waals surface area contributed by atoms with E-state index in [0.29, 0.717) is 27.2 Å². The van der Waals surface area contributed by atoms with Crippen molar-refractivity contribution in [3.63, 3.8) is 0 Å². The first-order chi connectivity index (χ1) is 12.5. The number of methoxy groups -OCH3 is 3. The minimum atomic E-state index is -0.0680. The van der Waals surface area contributed by atoms with Gasteiger partial charge in [-0.3, -0.25) is 0 Å². The molecule has 1 aliphatic heterocycles. The van der Waals surface area contributed by atoms with E-state index in [1.54, 1.807) is 27.4 Å². The number of hydrogen-bond acceptors (Lipinski definition) is 6. The Morgan fingerprint density at radius 3 is 2.31 bits per heavy atom. The molecule has 0 fully saturated rings. The van der Waals surface area contributed by atoms with Crippen molar-refractivity contribution < 1.29 is 24.4 Å². The monoisotopic (exact) mass is 471 g/mol. The molecule has 1 aliphatic rings. The van der Waals surface area contributed by atoms with Crippen molar-refractivity contribution in [1.82, 2.24) is 5.32 Å². The molecule has 1 atom stereocenters. The Labute approximate surface area is 166 Å². The summed E-state index contributed by atoms with van der Waals surface area (Å²) in [6.07, 6.45) is 1.49. The van der Waals surface area contributed by atoms with Crippen LogP contribution in [0.3, 0.4) is 0 Å². The number of aromatic hydroxyl groups is 2. The summed E-state index contributed by atoms with van der Waals surface area (Å²) < 4.78 is 16.9. The maximum atomic E-state index is 10.1. The molecule has 3 N–H and O–H groups in total. The number of rotatable bonds is 5. The lowest BCUT2D eigenvalue weighted by Gasteiger charge is -2.29. The predicted molar refractivity (Wildman–Crippen MR) is 107 cm³/mol. The smallest absolute Gasteiger partial charge is 0.203 e. The number of phenols is 2. The van der Waals surface area contributed by atoms with E-state index in [0.717, 1.165) is 29.7 Å². The molecule has 26 heavy (non-hydrogen) atoms. The van der Waals surface area contributed by atoms with E-state index in [1.165, 1.54) is 0 Å². The molecule has 140 valence electrons. The molecule has 0 amide bonds. The van der Waals surface area contributed by atoms with E-state index < -0.39 is 0 Å². The van der Waals surface area contributed by atoms with E-state index in [-0.39, 0.29) is 17.5 Å². The Bertz CT molecular complexity index is 799. The van der Waals surface area contributed by atoms with Crippen LogP contribution in [0.4, 0.5) is 0 Å². The molecule has 7 heteroatoms. The van der Waals surface area contributed by atoms with Crippen LogP contribution in [0.5, 0.6) is 28.7 Å². The molecular weight excluding hydrogens is 449 g/mol. The maximum absolute atomic E-state index is 10.1. The first kappa shape index (κ1) is 18.9. The Hall–Kier alpha value is -1.87. The lowest BCUT2D eigenvalue weighted by molar-refractivity contribution is 0.323. The molecule has 0 unspecified atom stereocenters. The third-order valence-electron chi connectivity index (χ3n) is 4.64. The second kappa shape index (κ2) is 7.79. The van der Waals surface area contributed by atoms with Gasteiger partial charge in [0.1, 0.15) is 0 Å². The summed E-state index contributed by atoms with van der Waals surface area (Å²) in [5, 5.41) is 23.5. The minimum absolute atomic E-state index is 0.0138. The van der Waals surface area contributed by atoms with E-state index in [2.05, 4.69) is 27.9 Å². The van der Waals surface area contributed by atoms with E-state index in [4.69, 9.17) is 14.2 Å². The van der Waals surface area contributed by atoms with Gasteiger partial charge in [0.25, 0.3) is 0 Å². The number of phenolic OH excluding ortho intramolecular Hbond substituents is 2. The van der Waals surface area contributed by atoms with Gasteiger partial charge in [-0.15, -0.1) is 0 Å². The van der Waals surface area contributed by atoms with Crippen molar-refractivity contribution in [2.75, 3.05) is 27.9 Å². The Morgan fingerprint density at radius 1 is 1.08 bits per heavy atom. The van der Waals surface area contributed by atoms with Crippen molar-refractivity contribution in [3.05, 3.63) is 38.5 Å². The van der Waals surface area contributed by atoms with Gasteiger partial charge < -0.3 is 29.7 Å². The second-order valence-corrected chi connectivity index (χ2v) is 7.20. The van der Waals surface area contributed by atoms with Crippen LogP contribution in [0.15, 0.2) is 18.2 Å². The van der Waals surface area contributed by atoms with Gasteiger partial charge >= 0.3 is 0 Å². The number of halogens is 1. The Morgan fingerprint density at radius 2 is 1.73 bits per heavy atom. The summed E-state index contributed by atoms with van der Waals surface area (Å²) in [6.45, 7) is 0.808. The summed E-state index contributed by atoms with van der Waals surface area (Å²) in [7, 11) is 4.77. The van der Waals surface area contributed by atoms with E-state index >= 15 is 0 Å². The highest BCUT2D eigenvalue weighted by atomic mass is 127. The van der Waals surface area contributed by atoms with Crippen molar-refractivity contribution in [3.8, 4) is 28.7 Å². The van der Waals surface area contributed by atoms with Crippen LogP contribution in [0.2, 0.25) is 0 Å². The van der Waals surface area contributed by atoms with Crippen LogP contribution < -0.4 is 19.5 Å². The van der Waals surface area contributed by atoms with Crippen molar-refractivity contribution in [1.29, 1.82) is 0 Å². The number of nitrogens with one attached hydrogen (secondary N) is 1. The largest absolute Gasteiger partial charge is 0.504 e. The minimum Gasteiger partial charge on any atom is -0.504 e. The SMILES string of the molecule is COc1cc(C[C@@H]2NCCc3cc(O)c(O)c(I)c32)cc(OC)c1OC. The number of benzene rings is 2. The fourth-order valence-electron chi connectivity index (χ4n) is 3.42. The van der Waals surface area contributed by atoms with Crippen molar-refractivity contribution in [2.24, 2.45) is 0 Å². The summed E-state index contributed by atoms with van der Waals surface area (Å²) in [5.74, 6) is 1.65. The first-order valence-corrected chi connectivity index (χ1v) is 9.33. The topological polar surface area (TPSA) is 80.2 Å². The molecular formula is C19H22INO5. The summed E-state index contributed by atoms with van der Waals surface area (Å²) in [5.41, 5.74) is 3.11. The standard InChI is InChI=1S/C19H22INO5/c1-24-14-7-10(8-15(25-2)19(14)26-3)6-12-16-11(4-5-21-12)9-13(22)18(23)17(16)20/h7-9,12,21-23H,4-6H2,1-3H3/t12-/m0/s1. The third-order valence-corrected chi connectivity index (χ3v) is 5.73. The van der Waals surface area contributed by atoms with Gasteiger partial charge in [-0.05, 0) is 76.9 Å². The van der Waals surface area contributed by atoms with Crippen LogP contribution in [-0.4, -0.2) is 38.1 Å². The van der Waals surface area contributed by atoms with Gasteiger partial charge in [-0.25, -0.2) is 0 Å². The molecule has 0 aromatic heterocycles. The molecule has 3 rings (SSSR count). The highest BCUT2D eigenvalue weighted by Crippen LogP contribution is 2.42. The third kappa shape index (κ3) is 3.37. The average Bonchev–Trinajstić information content (AvgIpc) is 2.65. The van der Waals surface area contributed by atoms with Gasteiger partial charge in [0, 0.05) is 6.04 Å². The van der Waals surface area contributed by atoms with Crippen LogP contribution in [0, 0.1) is 3.57 Å². The zero-order chi connectivity index (χ0) is 18.8. The predicted octanol–water partition coefficient (Wildman–Crippen LogP) is 3.16. The molecule has 0 saturated heterocycles. The van der Waals surface area contributed by atoms with E-state index in [9.17, 15) is 10.2 Å². The van der Waals surface area contributed by atoms with Crippen molar-refractivity contribution >= 4 is 22.6 Å². The van der Waals surface area contributed by atoms with E-state index in [1.807, 2.05) is 12.1 Å². The summed E-state index contributed by atoms with van der Waals surface area (Å²) >= 11 is 2.09. The fraction of sp³-hybridized carbons (Fsp3) is 0.368. The zero-order valence-electron chi connectivity index (χ0n) is 14.9. The molecule has 0 bridgehead atoms. The van der Waals surface area contributed by atoms with Crippen LogP contribution in [-0.2, 0) is 12.8 Å². The van der Waals surface area contributed by atoms with Crippen molar-refractivity contribution in [2.45, 2.75) is 18.9 Å². The van der Waals surface area contributed by atoms with Gasteiger partial charge in [0.15, 0.2) is 23.0 Å². The molecule has 2 aromatic carbocycles. The van der Waals surface area contributed by atoms with Gasteiger partial charge in [0.2, 0.25) is 5.75 Å². The average molecular weight is 471 g/mol. The highest BCUT2D eigenvalue weighted by Gasteiger charge is 2.27. The Balaban J connectivity index is 2.00. The van der Waals surface area contributed by atoms with Gasteiger partial charge in [-0.1, -0.05) is 0 Å². The highest BCUT2D eigenvalue weighted by molar-refractivity contribution is 14.1. The molecule has 1 heterocycles. The molecule has 0 aliphatic carbocycles. The number of ether oxygens (including phenoxy) is 3. The first-order valence-electron chi connectivity index (χ1n) is 8.25. The Kier molecular flexibility index (Phi) is 5.67.